The van der Waals surface area contributed by atoms with Crippen LogP contribution in [0.4, 0.5) is 10.1 Å². The van der Waals surface area contributed by atoms with E-state index in [0.717, 1.165) is 22.4 Å². The minimum Gasteiger partial charge on any atom is -0.379 e. The first-order valence-electron chi connectivity index (χ1n) is 5.95. The summed E-state index contributed by atoms with van der Waals surface area (Å²) in [5.41, 5.74) is 0.990. The molecule has 0 aliphatic heterocycles. The van der Waals surface area contributed by atoms with Gasteiger partial charge in [0.2, 0.25) is 0 Å². The average molecular weight is 393 g/mol. The zero-order chi connectivity index (χ0) is 15.6. The molecule has 112 valence electrons. The van der Waals surface area contributed by atoms with E-state index in [1.54, 1.807) is 12.1 Å². The van der Waals surface area contributed by atoms with Gasteiger partial charge in [-0.2, -0.15) is 0 Å². The maximum atomic E-state index is 13.7. The van der Waals surface area contributed by atoms with Gasteiger partial charge in [-0.15, -0.1) is 0 Å². The Morgan fingerprint density at radius 1 is 1.24 bits per heavy atom. The van der Waals surface area contributed by atoms with E-state index in [2.05, 4.69) is 21.2 Å². The molecule has 1 N–H and O–H groups in total. The first-order valence-corrected chi connectivity index (χ1v) is 9.01. The van der Waals surface area contributed by atoms with Crippen LogP contribution in [0.25, 0.3) is 0 Å². The van der Waals surface area contributed by atoms with Crippen LogP contribution in [0.2, 0.25) is 5.02 Å². The van der Waals surface area contributed by atoms with E-state index in [0.29, 0.717) is 11.6 Å². The Morgan fingerprint density at radius 3 is 2.57 bits per heavy atom. The van der Waals surface area contributed by atoms with Crippen LogP contribution >= 0.6 is 27.5 Å². The van der Waals surface area contributed by atoms with Crippen LogP contribution in [-0.2, 0) is 16.4 Å². The molecule has 0 aliphatic rings. The summed E-state index contributed by atoms with van der Waals surface area (Å²) in [4.78, 5) is 0.0697. The first kappa shape index (κ1) is 16.3. The maximum absolute atomic E-state index is 13.7. The number of anilines is 1. The number of sulfone groups is 1. The molecule has 3 nitrogen and oxygen atoms in total. The zero-order valence-corrected chi connectivity index (χ0v) is 14.2. The van der Waals surface area contributed by atoms with Crippen LogP contribution in [-0.4, -0.2) is 14.7 Å². The molecule has 21 heavy (non-hydrogen) atoms. The third-order valence-corrected chi connectivity index (χ3v) is 5.18. The van der Waals surface area contributed by atoms with Gasteiger partial charge in [0, 0.05) is 17.3 Å². The summed E-state index contributed by atoms with van der Waals surface area (Å²) in [6.45, 7) is 0.330. The third-order valence-electron chi connectivity index (χ3n) is 2.83. The highest BCUT2D eigenvalue weighted by Gasteiger charge is 2.11. The molecule has 0 unspecified atom stereocenters. The molecule has 0 bridgehead atoms. The quantitative estimate of drug-likeness (QED) is 0.791. The number of rotatable bonds is 4. The Bertz CT molecular complexity index is 781. The summed E-state index contributed by atoms with van der Waals surface area (Å²) < 4.78 is 37.4. The summed E-state index contributed by atoms with van der Waals surface area (Å²) in [6, 6.07) is 9.03. The number of hydrogen-bond acceptors (Lipinski definition) is 3. The van der Waals surface area contributed by atoms with Crippen molar-refractivity contribution in [2.24, 2.45) is 0 Å². The highest BCUT2D eigenvalue weighted by Crippen LogP contribution is 2.24. The average Bonchev–Trinajstić information content (AvgIpc) is 2.40. The van der Waals surface area contributed by atoms with Crippen molar-refractivity contribution in [1.82, 2.24) is 0 Å². The van der Waals surface area contributed by atoms with E-state index < -0.39 is 15.7 Å². The minimum atomic E-state index is -3.37. The molecular weight excluding hydrogens is 381 g/mol. The lowest BCUT2D eigenvalue weighted by atomic mass is 10.2. The van der Waals surface area contributed by atoms with Crippen molar-refractivity contribution >= 4 is 43.1 Å². The summed E-state index contributed by atoms with van der Waals surface area (Å²) >= 11 is 9.27. The van der Waals surface area contributed by atoms with Gasteiger partial charge < -0.3 is 5.32 Å². The Hall–Kier alpha value is -1.11. The topological polar surface area (TPSA) is 46.2 Å². The zero-order valence-electron chi connectivity index (χ0n) is 11.0. The van der Waals surface area contributed by atoms with Crippen molar-refractivity contribution in [1.29, 1.82) is 0 Å². The Kier molecular flexibility index (Phi) is 4.91. The molecule has 7 heteroatoms. The van der Waals surface area contributed by atoms with Crippen molar-refractivity contribution in [3.63, 3.8) is 0 Å². The highest BCUT2D eigenvalue weighted by atomic mass is 79.9. The molecule has 2 rings (SSSR count). The molecule has 0 heterocycles. The largest absolute Gasteiger partial charge is 0.379 e. The number of benzene rings is 2. The van der Waals surface area contributed by atoms with Gasteiger partial charge in [0.15, 0.2) is 9.84 Å². The van der Waals surface area contributed by atoms with Gasteiger partial charge in [0.1, 0.15) is 5.82 Å². The van der Waals surface area contributed by atoms with Crippen molar-refractivity contribution < 1.29 is 12.8 Å². The number of hydrogen-bond donors (Lipinski definition) is 1. The molecule has 0 amide bonds. The maximum Gasteiger partial charge on any atom is 0.175 e. The lowest BCUT2D eigenvalue weighted by Crippen LogP contribution is -2.04. The van der Waals surface area contributed by atoms with Crippen LogP contribution in [0.1, 0.15) is 5.56 Å². The van der Waals surface area contributed by atoms with Gasteiger partial charge in [-0.25, -0.2) is 12.8 Å². The van der Waals surface area contributed by atoms with Gasteiger partial charge in [-0.3, -0.25) is 0 Å². The second kappa shape index (κ2) is 6.34. The van der Waals surface area contributed by atoms with E-state index >= 15 is 0 Å². The SMILES string of the molecule is CS(=O)(=O)c1ccc(F)c(NCc2ccc(Br)c(Cl)c2)c1. The summed E-state index contributed by atoms with van der Waals surface area (Å²) in [5, 5.41) is 3.43. The predicted octanol–water partition coefficient (Wildman–Crippen LogP) is 4.26. The Morgan fingerprint density at radius 2 is 1.95 bits per heavy atom. The van der Waals surface area contributed by atoms with Gasteiger partial charge in [0.25, 0.3) is 0 Å². The van der Waals surface area contributed by atoms with Crippen molar-refractivity contribution in [3.8, 4) is 0 Å². The van der Waals surface area contributed by atoms with E-state index in [1.807, 2.05) is 6.07 Å². The number of nitrogens with one attached hydrogen (secondary N) is 1. The van der Waals surface area contributed by atoms with Crippen LogP contribution < -0.4 is 5.32 Å². The van der Waals surface area contributed by atoms with Crippen molar-refractivity contribution in [3.05, 3.63) is 57.3 Å². The normalized spacial score (nSPS) is 11.4. The fraction of sp³-hybridized carbons (Fsp3) is 0.143. The molecule has 0 saturated heterocycles. The Labute approximate surface area is 136 Å². The second-order valence-electron chi connectivity index (χ2n) is 4.52. The van der Waals surface area contributed by atoms with Crippen LogP contribution in [0, 0.1) is 5.82 Å². The second-order valence-corrected chi connectivity index (χ2v) is 7.79. The molecule has 0 atom stereocenters. The monoisotopic (exact) mass is 391 g/mol. The first-order chi connectivity index (χ1) is 9.77. The fourth-order valence-corrected chi connectivity index (χ4v) is 2.81. The van der Waals surface area contributed by atoms with Crippen LogP contribution in [0.5, 0.6) is 0 Å². The molecule has 0 saturated carbocycles. The smallest absolute Gasteiger partial charge is 0.175 e. The summed E-state index contributed by atoms with van der Waals surface area (Å²) in [6.07, 6.45) is 1.08. The van der Waals surface area contributed by atoms with Gasteiger partial charge in [-0.05, 0) is 51.8 Å². The minimum absolute atomic E-state index is 0.0697. The number of halogens is 3. The molecule has 0 radical (unpaired) electrons. The molecule has 0 fully saturated rings. The fourth-order valence-electron chi connectivity index (χ4n) is 1.72. The van der Waals surface area contributed by atoms with E-state index in [-0.39, 0.29) is 10.6 Å². The summed E-state index contributed by atoms with van der Waals surface area (Å²) in [7, 11) is -3.37. The molecule has 2 aromatic rings. The van der Waals surface area contributed by atoms with Crippen LogP contribution in [0.15, 0.2) is 45.8 Å². The highest BCUT2D eigenvalue weighted by molar-refractivity contribution is 9.10. The lowest BCUT2D eigenvalue weighted by Gasteiger charge is -2.10. The predicted molar refractivity (Wildman–Crippen MR) is 86.0 cm³/mol. The molecule has 0 aromatic heterocycles. The van der Waals surface area contributed by atoms with E-state index in [1.165, 1.54) is 12.1 Å². The standard InChI is InChI=1S/C14H12BrClFNO2S/c1-21(19,20)10-3-5-13(17)14(7-10)18-8-9-2-4-11(15)12(16)6-9/h2-7,18H,8H2,1H3. The third kappa shape index (κ3) is 4.18. The van der Waals surface area contributed by atoms with Crippen molar-refractivity contribution in [2.75, 3.05) is 11.6 Å². The van der Waals surface area contributed by atoms with Crippen molar-refractivity contribution in [2.45, 2.75) is 11.4 Å². The van der Waals surface area contributed by atoms with Gasteiger partial charge in [-0.1, -0.05) is 17.7 Å². The molecule has 0 spiro atoms. The van der Waals surface area contributed by atoms with E-state index in [4.69, 9.17) is 11.6 Å². The van der Waals surface area contributed by atoms with Gasteiger partial charge >= 0.3 is 0 Å². The van der Waals surface area contributed by atoms with Gasteiger partial charge in [0.05, 0.1) is 15.6 Å². The molecule has 2 aromatic carbocycles. The Balaban J connectivity index is 2.21. The van der Waals surface area contributed by atoms with E-state index in [9.17, 15) is 12.8 Å². The molecular formula is C14H12BrClFNO2S. The molecule has 0 aliphatic carbocycles. The lowest BCUT2D eigenvalue weighted by molar-refractivity contribution is 0.600. The van der Waals surface area contributed by atoms with Crippen LogP contribution in [0.3, 0.4) is 0 Å². The summed E-state index contributed by atoms with van der Waals surface area (Å²) in [5.74, 6) is -0.509.